The van der Waals surface area contributed by atoms with Crippen molar-refractivity contribution in [3.05, 3.63) is 28.8 Å². The average molecular weight is 237 g/mol. The first-order valence-electron chi connectivity index (χ1n) is 5.13. The van der Waals surface area contributed by atoms with E-state index in [1.165, 1.54) is 0 Å². The van der Waals surface area contributed by atoms with E-state index in [0.29, 0.717) is 10.8 Å². The maximum absolute atomic E-state index is 9.08. The molecule has 0 bridgehead atoms. The van der Waals surface area contributed by atoms with Gasteiger partial charge in [0.05, 0.1) is 18.6 Å². The topological polar surface area (TPSA) is 59.0 Å². The molecule has 2 N–H and O–H groups in total. The minimum Gasteiger partial charge on any atom is -0.497 e. The van der Waals surface area contributed by atoms with Crippen molar-refractivity contribution in [2.45, 2.75) is 18.9 Å². The normalized spacial score (nSPS) is 18.6. The Labute approximate surface area is 99.8 Å². The fourth-order valence-corrected chi connectivity index (χ4v) is 2.10. The van der Waals surface area contributed by atoms with Crippen LogP contribution in [0.25, 0.3) is 0 Å². The highest BCUT2D eigenvalue weighted by atomic mass is 35.5. The molecule has 0 aliphatic heterocycles. The number of benzene rings is 1. The first-order valence-corrected chi connectivity index (χ1v) is 5.51. The maximum Gasteiger partial charge on any atom is 0.120 e. The standard InChI is InChI=1S/C12H13ClN2O/c1-16-8-2-3-9(10(13)6-8)11(15)12(7-14)4-5-12/h2-3,6,11H,4-5,15H2,1H3. The van der Waals surface area contributed by atoms with Crippen molar-refractivity contribution in [2.24, 2.45) is 11.1 Å². The van der Waals surface area contributed by atoms with Gasteiger partial charge in [0.25, 0.3) is 0 Å². The first-order chi connectivity index (χ1) is 7.63. The molecular formula is C12H13ClN2O. The summed E-state index contributed by atoms with van der Waals surface area (Å²) in [7, 11) is 1.59. The Morgan fingerprint density at radius 1 is 1.56 bits per heavy atom. The predicted molar refractivity (Wildman–Crippen MR) is 62.2 cm³/mol. The number of nitriles is 1. The van der Waals surface area contributed by atoms with Crippen LogP contribution in [0.2, 0.25) is 5.02 Å². The number of methoxy groups -OCH3 is 1. The average Bonchev–Trinajstić information content (AvgIpc) is 3.09. The zero-order valence-electron chi connectivity index (χ0n) is 9.03. The Balaban J connectivity index is 2.31. The van der Waals surface area contributed by atoms with Crippen molar-refractivity contribution in [1.29, 1.82) is 5.26 Å². The molecule has 0 saturated heterocycles. The van der Waals surface area contributed by atoms with Gasteiger partial charge in [-0.1, -0.05) is 17.7 Å². The fraction of sp³-hybridized carbons (Fsp3) is 0.417. The third-order valence-electron chi connectivity index (χ3n) is 3.15. The SMILES string of the molecule is COc1ccc(C(N)C2(C#N)CC2)c(Cl)c1. The lowest BCUT2D eigenvalue weighted by Gasteiger charge is -2.18. The van der Waals surface area contributed by atoms with Crippen LogP contribution in [0.5, 0.6) is 5.75 Å². The Hall–Kier alpha value is -1.24. The number of hydrogen-bond acceptors (Lipinski definition) is 3. The Kier molecular flexibility index (Phi) is 2.79. The quantitative estimate of drug-likeness (QED) is 0.878. The third kappa shape index (κ3) is 1.75. The van der Waals surface area contributed by atoms with Gasteiger partial charge in [0.1, 0.15) is 5.75 Å². The lowest BCUT2D eigenvalue weighted by molar-refractivity contribution is 0.414. The van der Waals surface area contributed by atoms with E-state index >= 15 is 0 Å². The molecule has 2 rings (SSSR count). The number of nitrogens with zero attached hydrogens (tertiary/aromatic N) is 1. The van der Waals surface area contributed by atoms with Crippen molar-refractivity contribution in [1.82, 2.24) is 0 Å². The van der Waals surface area contributed by atoms with Crippen molar-refractivity contribution in [3.63, 3.8) is 0 Å². The van der Waals surface area contributed by atoms with Crippen molar-refractivity contribution in [3.8, 4) is 11.8 Å². The van der Waals surface area contributed by atoms with Gasteiger partial charge in [-0.05, 0) is 30.5 Å². The van der Waals surface area contributed by atoms with Crippen molar-refractivity contribution < 1.29 is 4.74 Å². The van der Waals surface area contributed by atoms with Crippen LogP contribution in [0.4, 0.5) is 0 Å². The molecule has 16 heavy (non-hydrogen) atoms. The second-order valence-electron chi connectivity index (χ2n) is 4.13. The summed E-state index contributed by atoms with van der Waals surface area (Å²) in [6.45, 7) is 0. The molecule has 3 nitrogen and oxygen atoms in total. The molecule has 0 radical (unpaired) electrons. The molecule has 1 aliphatic rings. The van der Waals surface area contributed by atoms with Crippen LogP contribution in [0.1, 0.15) is 24.4 Å². The molecule has 0 spiro atoms. The summed E-state index contributed by atoms with van der Waals surface area (Å²) in [5, 5.41) is 9.65. The number of halogens is 1. The second-order valence-corrected chi connectivity index (χ2v) is 4.54. The molecule has 0 amide bonds. The van der Waals surface area contributed by atoms with Crippen LogP contribution in [-0.2, 0) is 0 Å². The summed E-state index contributed by atoms with van der Waals surface area (Å²) in [4.78, 5) is 0. The van der Waals surface area contributed by atoms with Crippen LogP contribution in [0, 0.1) is 16.7 Å². The lowest BCUT2D eigenvalue weighted by atomic mass is 9.92. The highest BCUT2D eigenvalue weighted by molar-refractivity contribution is 6.31. The predicted octanol–water partition coefficient (Wildman–Crippen LogP) is 2.65. The second kappa shape index (κ2) is 3.97. The van der Waals surface area contributed by atoms with Gasteiger partial charge in [-0.3, -0.25) is 0 Å². The zero-order valence-corrected chi connectivity index (χ0v) is 9.79. The summed E-state index contributed by atoms with van der Waals surface area (Å²) in [6, 6.07) is 7.36. The summed E-state index contributed by atoms with van der Waals surface area (Å²) in [5.74, 6) is 0.697. The van der Waals surface area contributed by atoms with Crippen LogP contribution in [-0.4, -0.2) is 7.11 Å². The van der Waals surface area contributed by atoms with Gasteiger partial charge < -0.3 is 10.5 Å². The first kappa shape index (κ1) is 11.3. The summed E-state index contributed by atoms with van der Waals surface area (Å²) < 4.78 is 5.07. The molecule has 1 unspecified atom stereocenters. The van der Waals surface area contributed by atoms with E-state index < -0.39 is 5.41 Å². The van der Waals surface area contributed by atoms with E-state index in [1.54, 1.807) is 13.2 Å². The highest BCUT2D eigenvalue weighted by Gasteiger charge is 2.49. The number of ether oxygens (including phenoxy) is 1. The van der Waals surface area contributed by atoms with Crippen LogP contribution in [0.3, 0.4) is 0 Å². The zero-order chi connectivity index (χ0) is 11.8. The molecule has 1 saturated carbocycles. The van der Waals surface area contributed by atoms with E-state index in [9.17, 15) is 0 Å². The van der Waals surface area contributed by atoms with Gasteiger partial charge >= 0.3 is 0 Å². The largest absolute Gasteiger partial charge is 0.497 e. The monoisotopic (exact) mass is 236 g/mol. The summed E-state index contributed by atoms with van der Waals surface area (Å²) >= 11 is 6.12. The van der Waals surface area contributed by atoms with Crippen molar-refractivity contribution >= 4 is 11.6 Å². The van der Waals surface area contributed by atoms with E-state index in [2.05, 4.69) is 6.07 Å². The molecule has 1 aromatic rings. The van der Waals surface area contributed by atoms with Gasteiger partial charge in [-0.2, -0.15) is 5.26 Å². The molecule has 0 aromatic heterocycles. The summed E-state index contributed by atoms with van der Waals surface area (Å²) in [6.07, 6.45) is 1.71. The van der Waals surface area contributed by atoms with Gasteiger partial charge in [-0.15, -0.1) is 0 Å². The van der Waals surface area contributed by atoms with Crippen LogP contribution >= 0.6 is 11.6 Å². The number of nitrogens with two attached hydrogens (primary N) is 1. The van der Waals surface area contributed by atoms with Gasteiger partial charge in [0, 0.05) is 11.1 Å². The minimum absolute atomic E-state index is 0.309. The lowest BCUT2D eigenvalue weighted by Crippen LogP contribution is -2.21. The Morgan fingerprint density at radius 3 is 2.69 bits per heavy atom. The van der Waals surface area contributed by atoms with E-state index in [4.69, 9.17) is 27.3 Å². The molecule has 1 fully saturated rings. The molecule has 0 heterocycles. The number of rotatable bonds is 3. The van der Waals surface area contributed by atoms with Crippen LogP contribution < -0.4 is 10.5 Å². The Morgan fingerprint density at radius 2 is 2.25 bits per heavy atom. The molecule has 1 aliphatic carbocycles. The van der Waals surface area contributed by atoms with Gasteiger partial charge in [0.15, 0.2) is 0 Å². The highest BCUT2D eigenvalue weighted by Crippen LogP contribution is 2.54. The minimum atomic E-state index is -0.405. The van der Waals surface area contributed by atoms with Gasteiger partial charge in [0.2, 0.25) is 0 Å². The summed E-state index contributed by atoms with van der Waals surface area (Å²) in [5.41, 5.74) is 6.51. The Bertz CT molecular complexity index is 449. The van der Waals surface area contributed by atoms with E-state index in [0.717, 1.165) is 18.4 Å². The van der Waals surface area contributed by atoms with E-state index in [-0.39, 0.29) is 6.04 Å². The van der Waals surface area contributed by atoms with Crippen LogP contribution in [0.15, 0.2) is 18.2 Å². The fourth-order valence-electron chi connectivity index (χ4n) is 1.81. The number of hydrogen-bond donors (Lipinski definition) is 1. The molecule has 4 heteroatoms. The molecule has 1 aromatic carbocycles. The molecular weight excluding hydrogens is 224 g/mol. The molecule has 84 valence electrons. The van der Waals surface area contributed by atoms with Crippen molar-refractivity contribution in [2.75, 3.05) is 7.11 Å². The van der Waals surface area contributed by atoms with Gasteiger partial charge in [-0.25, -0.2) is 0 Å². The maximum atomic E-state index is 9.08. The van der Waals surface area contributed by atoms with E-state index in [1.807, 2.05) is 12.1 Å². The molecule has 1 atom stereocenters. The third-order valence-corrected chi connectivity index (χ3v) is 3.48. The smallest absolute Gasteiger partial charge is 0.120 e.